The van der Waals surface area contributed by atoms with Gasteiger partial charge in [-0.15, -0.1) is 0 Å². The standard InChI is InChI=1S/C16H18N2/c17-11-15-8-4-7-14-9-10-18(16(14)15)12-13-5-2-1-3-6-13/h1-8H,9-12,17H2. The van der Waals surface area contributed by atoms with E-state index in [0.29, 0.717) is 6.54 Å². The van der Waals surface area contributed by atoms with Gasteiger partial charge in [-0.1, -0.05) is 48.5 Å². The maximum atomic E-state index is 5.85. The van der Waals surface area contributed by atoms with E-state index in [4.69, 9.17) is 5.73 Å². The summed E-state index contributed by atoms with van der Waals surface area (Å²) >= 11 is 0. The number of para-hydroxylation sites is 1. The van der Waals surface area contributed by atoms with Crippen molar-refractivity contribution >= 4 is 5.69 Å². The highest BCUT2D eigenvalue weighted by Gasteiger charge is 2.21. The van der Waals surface area contributed by atoms with Gasteiger partial charge in [0.15, 0.2) is 0 Å². The molecule has 2 aromatic carbocycles. The summed E-state index contributed by atoms with van der Waals surface area (Å²) < 4.78 is 0. The molecule has 0 spiro atoms. The first kappa shape index (κ1) is 11.3. The Bertz CT molecular complexity index is 534. The fourth-order valence-electron chi connectivity index (χ4n) is 2.75. The summed E-state index contributed by atoms with van der Waals surface area (Å²) in [7, 11) is 0. The Morgan fingerprint density at radius 1 is 1.00 bits per heavy atom. The van der Waals surface area contributed by atoms with Gasteiger partial charge in [0.2, 0.25) is 0 Å². The SMILES string of the molecule is NCc1cccc2c1N(Cc1ccccc1)CC2. The lowest BCUT2D eigenvalue weighted by atomic mass is 10.1. The molecule has 0 amide bonds. The van der Waals surface area contributed by atoms with Gasteiger partial charge in [0.1, 0.15) is 0 Å². The number of benzene rings is 2. The Morgan fingerprint density at radius 3 is 2.61 bits per heavy atom. The van der Waals surface area contributed by atoms with Crippen molar-refractivity contribution in [3.8, 4) is 0 Å². The summed E-state index contributed by atoms with van der Waals surface area (Å²) in [5, 5.41) is 0. The number of fused-ring (bicyclic) bond motifs is 1. The maximum Gasteiger partial charge on any atom is 0.0448 e. The van der Waals surface area contributed by atoms with Crippen LogP contribution in [-0.4, -0.2) is 6.54 Å². The van der Waals surface area contributed by atoms with Crippen molar-refractivity contribution in [1.82, 2.24) is 0 Å². The first-order valence-corrected chi connectivity index (χ1v) is 6.48. The second kappa shape index (κ2) is 4.83. The van der Waals surface area contributed by atoms with Crippen molar-refractivity contribution in [2.24, 2.45) is 5.73 Å². The highest BCUT2D eigenvalue weighted by atomic mass is 15.1. The number of hydrogen-bond donors (Lipinski definition) is 1. The zero-order valence-electron chi connectivity index (χ0n) is 10.5. The van der Waals surface area contributed by atoms with Crippen molar-refractivity contribution < 1.29 is 0 Å². The van der Waals surface area contributed by atoms with Crippen LogP contribution in [0.15, 0.2) is 48.5 Å². The first-order chi connectivity index (χ1) is 8.88. The van der Waals surface area contributed by atoms with Crippen molar-refractivity contribution in [1.29, 1.82) is 0 Å². The topological polar surface area (TPSA) is 29.3 Å². The maximum absolute atomic E-state index is 5.85. The smallest absolute Gasteiger partial charge is 0.0448 e. The van der Waals surface area contributed by atoms with Crippen LogP contribution < -0.4 is 10.6 Å². The summed E-state index contributed by atoms with van der Waals surface area (Å²) in [6.07, 6.45) is 1.13. The van der Waals surface area contributed by atoms with Crippen molar-refractivity contribution in [3.63, 3.8) is 0 Å². The molecule has 0 aromatic heterocycles. The van der Waals surface area contributed by atoms with Crippen molar-refractivity contribution in [2.45, 2.75) is 19.5 Å². The lowest BCUT2D eigenvalue weighted by Gasteiger charge is -2.22. The van der Waals surface area contributed by atoms with E-state index in [2.05, 4.69) is 53.4 Å². The zero-order valence-corrected chi connectivity index (χ0v) is 10.5. The average Bonchev–Trinajstić information content (AvgIpc) is 2.83. The Kier molecular flexibility index (Phi) is 3.03. The molecular weight excluding hydrogens is 220 g/mol. The van der Waals surface area contributed by atoms with Gasteiger partial charge in [-0.2, -0.15) is 0 Å². The second-order valence-electron chi connectivity index (χ2n) is 4.79. The van der Waals surface area contributed by atoms with E-state index in [9.17, 15) is 0 Å². The number of anilines is 1. The van der Waals surface area contributed by atoms with Crippen LogP contribution in [-0.2, 0) is 19.5 Å². The molecule has 0 saturated heterocycles. The van der Waals surface area contributed by atoms with Crippen LogP contribution in [0.25, 0.3) is 0 Å². The van der Waals surface area contributed by atoms with Crippen LogP contribution in [0, 0.1) is 0 Å². The zero-order chi connectivity index (χ0) is 12.4. The van der Waals surface area contributed by atoms with Gasteiger partial charge < -0.3 is 10.6 Å². The van der Waals surface area contributed by atoms with Gasteiger partial charge in [0.25, 0.3) is 0 Å². The van der Waals surface area contributed by atoms with Crippen molar-refractivity contribution in [3.05, 3.63) is 65.2 Å². The Balaban J connectivity index is 1.90. The lowest BCUT2D eigenvalue weighted by molar-refractivity contribution is 0.830. The van der Waals surface area contributed by atoms with Crippen LogP contribution >= 0.6 is 0 Å². The van der Waals surface area contributed by atoms with Crippen LogP contribution in [0.1, 0.15) is 16.7 Å². The highest BCUT2D eigenvalue weighted by molar-refractivity contribution is 5.63. The van der Waals surface area contributed by atoms with E-state index in [1.807, 2.05) is 0 Å². The summed E-state index contributed by atoms with van der Waals surface area (Å²) in [6, 6.07) is 17.1. The van der Waals surface area contributed by atoms with Gasteiger partial charge >= 0.3 is 0 Å². The Morgan fingerprint density at radius 2 is 1.83 bits per heavy atom. The molecule has 2 N–H and O–H groups in total. The Hall–Kier alpha value is -1.80. The summed E-state index contributed by atoms with van der Waals surface area (Å²) in [6.45, 7) is 2.69. The molecule has 92 valence electrons. The summed E-state index contributed by atoms with van der Waals surface area (Å²) in [4.78, 5) is 2.45. The predicted octanol–water partition coefficient (Wildman–Crippen LogP) is 2.71. The van der Waals surface area contributed by atoms with Gasteiger partial charge in [-0.25, -0.2) is 0 Å². The minimum Gasteiger partial charge on any atom is -0.366 e. The molecule has 0 bridgehead atoms. The fourth-order valence-corrected chi connectivity index (χ4v) is 2.75. The molecule has 0 unspecified atom stereocenters. The average molecular weight is 238 g/mol. The van der Waals surface area contributed by atoms with E-state index < -0.39 is 0 Å². The van der Waals surface area contributed by atoms with Gasteiger partial charge in [0, 0.05) is 25.3 Å². The van der Waals surface area contributed by atoms with Crippen molar-refractivity contribution in [2.75, 3.05) is 11.4 Å². The first-order valence-electron chi connectivity index (χ1n) is 6.48. The van der Waals surface area contributed by atoms with E-state index in [1.165, 1.54) is 22.4 Å². The third kappa shape index (κ3) is 2.00. The largest absolute Gasteiger partial charge is 0.366 e. The fraction of sp³-hybridized carbons (Fsp3) is 0.250. The minimum absolute atomic E-state index is 0.620. The third-order valence-electron chi connectivity index (χ3n) is 3.61. The number of nitrogens with two attached hydrogens (primary N) is 1. The van der Waals surface area contributed by atoms with Crippen LogP contribution in [0.5, 0.6) is 0 Å². The van der Waals surface area contributed by atoms with Gasteiger partial charge in [-0.3, -0.25) is 0 Å². The van der Waals surface area contributed by atoms with E-state index in [1.54, 1.807) is 0 Å². The molecule has 0 aliphatic carbocycles. The molecule has 2 heteroatoms. The second-order valence-corrected chi connectivity index (χ2v) is 4.79. The molecule has 1 heterocycles. The number of rotatable bonds is 3. The molecule has 0 atom stereocenters. The quantitative estimate of drug-likeness (QED) is 0.891. The number of hydrogen-bond acceptors (Lipinski definition) is 2. The normalized spacial score (nSPS) is 13.7. The van der Waals surface area contributed by atoms with Crippen LogP contribution in [0.2, 0.25) is 0 Å². The molecular formula is C16H18N2. The summed E-state index contributed by atoms with van der Waals surface area (Å²) in [5.74, 6) is 0. The van der Waals surface area contributed by atoms with E-state index in [-0.39, 0.29) is 0 Å². The minimum atomic E-state index is 0.620. The molecule has 1 aliphatic rings. The third-order valence-corrected chi connectivity index (χ3v) is 3.61. The van der Waals surface area contributed by atoms with E-state index in [0.717, 1.165) is 19.5 Å². The Labute approximate surface area is 108 Å². The molecule has 3 rings (SSSR count). The van der Waals surface area contributed by atoms with Crippen LogP contribution in [0.3, 0.4) is 0 Å². The molecule has 18 heavy (non-hydrogen) atoms. The van der Waals surface area contributed by atoms with E-state index >= 15 is 0 Å². The monoisotopic (exact) mass is 238 g/mol. The molecule has 2 aromatic rings. The number of nitrogens with zero attached hydrogens (tertiary/aromatic N) is 1. The molecule has 0 saturated carbocycles. The molecule has 1 aliphatic heterocycles. The highest BCUT2D eigenvalue weighted by Crippen LogP contribution is 2.32. The lowest BCUT2D eigenvalue weighted by Crippen LogP contribution is -2.21. The van der Waals surface area contributed by atoms with Crippen LogP contribution in [0.4, 0.5) is 5.69 Å². The molecule has 0 fully saturated rings. The van der Waals surface area contributed by atoms with Gasteiger partial charge in [-0.05, 0) is 23.1 Å². The predicted molar refractivity (Wildman–Crippen MR) is 75.5 cm³/mol. The summed E-state index contributed by atoms with van der Waals surface area (Å²) in [5.41, 5.74) is 11.3. The molecule has 0 radical (unpaired) electrons. The molecule has 2 nitrogen and oxygen atoms in total. The van der Waals surface area contributed by atoms with Gasteiger partial charge in [0.05, 0.1) is 0 Å².